The molecule has 1 fully saturated rings. The topological polar surface area (TPSA) is 80.4 Å². The van der Waals surface area contributed by atoms with Crippen LogP contribution >= 0.6 is 11.6 Å². The van der Waals surface area contributed by atoms with E-state index in [2.05, 4.69) is 5.32 Å². The molecule has 2 aromatic rings. The van der Waals surface area contributed by atoms with Crippen molar-refractivity contribution in [2.24, 2.45) is 0 Å². The molecule has 26 heavy (non-hydrogen) atoms. The third kappa shape index (κ3) is 5.13. The van der Waals surface area contributed by atoms with Crippen molar-refractivity contribution in [1.82, 2.24) is 0 Å². The molecule has 0 heterocycles. The molecule has 0 radical (unpaired) electrons. The number of aliphatic hydroxyl groups excluding tert-OH is 1. The molecule has 0 unspecified atom stereocenters. The summed E-state index contributed by atoms with van der Waals surface area (Å²) >= 11 is 5.87. The van der Waals surface area contributed by atoms with Crippen molar-refractivity contribution in [2.45, 2.75) is 38.1 Å². The number of carbonyl (C=O) groups excluding carboxylic acids is 1. The van der Waals surface area contributed by atoms with Gasteiger partial charge in [-0.2, -0.15) is 0 Å². The molecule has 0 aromatic heterocycles. The number of anilines is 1. The fourth-order valence-corrected chi connectivity index (χ4v) is 3.25. The largest absolute Gasteiger partial charge is 0.400 e. The van der Waals surface area contributed by atoms with Gasteiger partial charge >= 0.3 is 0 Å². The van der Waals surface area contributed by atoms with Crippen LogP contribution in [0.15, 0.2) is 42.5 Å². The van der Waals surface area contributed by atoms with Crippen LogP contribution in [-0.4, -0.2) is 24.0 Å². The summed E-state index contributed by atoms with van der Waals surface area (Å²) in [4.78, 5) is 23.8. The highest BCUT2D eigenvalue weighted by Gasteiger charge is 2.19. The average molecular weight is 376 g/mol. The lowest BCUT2D eigenvalue weighted by atomic mass is 9.95. The molecule has 2 aromatic carbocycles. The summed E-state index contributed by atoms with van der Waals surface area (Å²) < 4.78 is 0. The standard InChI is InChI=1S/C19H19ClN2O2.CH4O/c20-15-9-6-13(7-10-15)19(23)14-8-11-17(22-24)18(12-14)21-16-4-2-1-3-5-16;1-2/h6-12,16,21H,1-5H2;2H,1H3/p+1. The van der Waals surface area contributed by atoms with Gasteiger partial charge in [0.25, 0.3) is 5.69 Å². The van der Waals surface area contributed by atoms with E-state index in [1.54, 1.807) is 42.5 Å². The highest BCUT2D eigenvalue weighted by Crippen LogP contribution is 2.26. The van der Waals surface area contributed by atoms with Gasteiger partial charge in [-0.1, -0.05) is 30.9 Å². The number of aliphatic hydroxyl groups is 1. The van der Waals surface area contributed by atoms with Gasteiger partial charge in [0.05, 0.1) is 0 Å². The van der Waals surface area contributed by atoms with Crippen LogP contribution in [0.4, 0.5) is 11.4 Å². The van der Waals surface area contributed by atoms with E-state index in [9.17, 15) is 9.70 Å². The number of benzene rings is 2. The fraction of sp³-hybridized carbons (Fsp3) is 0.350. The van der Waals surface area contributed by atoms with Crippen LogP contribution in [0.1, 0.15) is 48.0 Å². The summed E-state index contributed by atoms with van der Waals surface area (Å²) in [5, 5.41) is 13.0. The van der Waals surface area contributed by atoms with Gasteiger partial charge < -0.3 is 10.4 Å². The Bertz CT molecular complexity index is 741. The number of rotatable bonds is 5. The van der Waals surface area contributed by atoms with Crippen LogP contribution in [0, 0.1) is 4.91 Å². The molecule has 0 spiro atoms. The first-order valence-corrected chi connectivity index (χ1v) is 9.09. The van der Waals surface area contributed by atoms with Gasteiger partial charge in [-0.3, -0.25) is 4.79 Å². The summed E-state index contributed by atoms with van der Waals surface area (Å²) in [6, 6.07) is 12.2. The van der Waals surface area contributed by atoms with Crippen molar-refractivity contribution in [3.8, 4) is 0 Å². The van der Waals surface area contributed by atoms with Crippen molar-refractivity contribution in [3.05, 3.63) is 63.5 Å². The van der Waals surface area contributed by atoms with E-state index < -0.39 is 0 Å². The fourth-order valence-electron chi connectivity index (χ4n) is 3.13. The maximum atomic E-state index is 12.6. The summed E-state index contributed by atoms with van der Waals surface area (Å²) in [5.74, 6) is -0.0872. The Balaban J connectivity index is 0.00000117. The molecule has 5 nitrogen and oxygen atoms in total. The zero-order chi connectivity index (χ0) is 18.9. The van der Waals surface area contributed by atoms with Crippen LogP contribution in [0.25, 0.3) is 0 Å². The SMILES string of the molecule is CO.O=[NH+]c1ccc(C(=O)c2ccc(Cl)cc2)cc1NC1CCCCC1. The Morgan fingerprint density at radius 3 is 2.27 bits per heavy atom. The Kier molecular flexibility index (Phi) is 7.75. The first-order chi connectivity index (χ1) is 12.7. The number of hydrogen-bond acceptors (Lipinski definition) is 4. The first kappa shape index (κ1) is 20.1. The molecule has 1 saturated carbocycles. The van der Waals surface area contributed by atoms with Crippen molar-refractivity contribution in [2.75, 3.05) is 12.4 Å². The van der Waals surface area contributed by atoms with Crippen molar-refractivity contribution < 1.29 is 15.1 Å². The molecule has 0 saturated heterocycles. The number of hydrogen-bond donors (Lipinski definition) is 3. The molecule has 3 rings (SSSR count). The molecule has 0 aliphatic heterocycles. The lowest BCUT2D eigenvalue weighted by Crippen LogP contribution is -2.56. The predicted octanol–water partition coefficient (Wildman–Crippen LogP) is 3.40. The second-order valence-corrected chi connectivity index (χ2v) is 6.61. The number of halogens is 1. The van der Waals surface area contributed by atoms with Crippen LogP contribution in [0.5, 0.6) is 0 Å². The minimum atomic E-state index is -0.0872. The second-order valence-electron chi connectivity index (χ2n) is 6.18. The molecule has 1 aliphatic carbocycles. The van der Waals surface area contributed by atoms with E-state index >= 15 is 0 Å². The molecule has 3 N–H and O–H groups in total. The zero-order valence-electron chi connectivity index (χ0n) is 14.8. The lowest BCUT2D eigenvalue weighted by Gasteiger charge is -2.23. The minimum Gasteiger partial charge on any atom is -0.400 e. The molecule has 0 amide bonds. The van der Waals surface area contributed by atoms with Crippen molar-refractivity contribution >= 4 is 28.8 Å². The van der Waals surface area contributed by atoms with E-state index in [4.69, 9.17) is 16.7 Å². The van der Waals surface area contributed by atoms with Gasteiger partial charge in [0.1, 0.15) is 5.69 Å². The summed E-state index contributed by atoms with van der Waals surface area (Å²) in [5.41, 5.74) is 2.28. The maximum Gasteiger partial charge on any atom is 0.276 e. The molecular weight excluding hydrogens is 352 g/mol. The van der Waals surface area contributed by atoms with Gasteiger partial charge in [0.2, 0.25) is 0 Å². The molecule has 1 aliphatic rings. The minimum absolute atomic E-state index is 0.0872. The zero-order valence-corrected chi connectivity index (χ0v) is 15.6. The van der Waals surface area contributed by atoms with Crippen molar-refractivity contribution in [3.63, 3.8) is 0 Å². The Morgan fingerprint density at radius 2 is 1.65 bits per heavy atom. The summed E-state index contributed by atoms with van der Waals surface area (Å²) in [6.45, 7) is 0. The van der Waals surface area contributed by atoms with E-state index in [-0.39, 0.29) is 5.78 Å². The predicted molar refractivity (Wildman–Crippen MR) is 104 cm³/mol. The first-order valence-electron chi connectivity index (χ1n) is 8.71. The molecule has 6 heteroatoms. The molecule has 0 atom stereocenters. The normalized spacial score (nSPS) is 14.1. The number of ketones is 1. The second kappa shape index (κ2) is 10.0. The van der Waals surface area contributed by atoms with E-state index in [1.807, 2.05) is 5.18 Å². The molecular formula is C20H24ClN2O3+. The third-order valence-corrected chi connectivity index (χ3v) is 4.71. The van der Waals surface area contributed by atoms with Gasteiger partial charge in [0.15, 0.2) is 5.78 Å². The Hall–Kier alpha value is -2.24. The van der Waals surface area contributed by atoms with E-state index in [0.29, 0.717) is 33.6 Å². The van der Waals surface area contributed by atoms with Gasteiger partial charge in [-0.15, -0.1) is 0 Å². The number of nitroso groups, excluding NO2 is 1. The smallest absolute Gasteiger partial charge is 0.276 e. The van der Waals surface area contributed by atoms with Crippen molar-refractivity contribution in [1.29, 1.82) is 0 Å². The highest BCUT2D eigenvalue weighted by atomic mass is 35.5. The van der Waals surface area contributed by atoms with Crippen LogP contribution in [-0.2, 0) is 0 Å². The van der Waals surface area contributed by atoms with Crippen LogP contribution in [0.2, 0.25) is 5.02 Å². The van der Waals surface area contributed by atoms with Gasteiger partial charge in [-0.25, -0.2) is 0 Å². The van der Waals surface area contributed by atoms with E-state index in [1.165, 1.54) is 19.3 Å². The average Bonchev–Trinajstić information content (AvgIpc) is 2.70. The number of carbonyl (C=O) groups is 1. The number of nitrogens with one attached hydrogen (secondary N) is 2. The highest BCUT2D eigenvalue weighted by molar-refractivity contribution is 6.30. The molecule has 0 bridgehead atoms. The molecule has 138 valence electrons. The van der Waals surface area contributed by atoms with Crippen LogP contribution < -0.4 is 10.5 Å². The summed E-state index contributed by atoms with van der Waals surface area (Å²) in [7, 11) is 1.00. The quantitative estimate of drug-likeness (QED) is 0.699. The third-order valence-electron chi connectivity index (χ3n) is 4.46. The summed E-state index contributed by atoms with van der Waals surface area (Å²) in [6.07, 6.45) is 5.84. The lowest BCUT2D eigenvalue weighted by molar-refractivity contribution is -0.378. The Morgan fingerprint density at radius 1 is 1.04 bits per heavy atom. The van der Waals surface area contributed by atoms with Crippen LogP contribution in [0.3, 0.4) is 0 Å². The van der Waals surface area contributed by atoms with Gasteiger partial charge in [0, 0.05) is 45.5 Å². The van der Waals surface area contributed by atoms with E-state index in [0.717, 1.165) is 20.0 Å². The monoisotopic (exact) mass is 375 g/mol. The maximum absolute atomic E-state index is 12.6. The van der Waals surface area contributed by atoms with Gasteiger partial charge in [-0.05, 0) is 49.2 Å². The Labute approximate surface area is 158 Å².